The van der Waals surface area contributed by atoms with Gasteiger partial charge in [0.2, 0.25) is 5.43 Å². The van der Waals surface area contributed by atoms with Crippen LogP contribution in [0, 0.1) is 6.92 Å². The van der Waals surface area contributed by atoms with Crippen LogP contribution in [0.5, 0.6) is 0 Å². The average Bonchev–Trinajstić information content (AvgIpc) is 2.68. The summed E-state index contributed by atoms with van der Waals surface area (Å²) < 4.78 is 40.2. The number of halogens is 3. The minimum atomic E-state index is -4.53. The third-order valence-corrected chi connectivity index (χ3v) is 4.15. The number of aryl methyl sites for hydroxylation is 1. The van der Waals surface area contributed by atoms with E-state index in [-0.39, 0.29) is 5.69 Å². The second kappa shape index (κ2) is 7.78. The molecule has 3 rings (SSSR count). The minimum absolute atomic E-state index is 0.0859. The van der Waals surface area contributed by atoms with Crippen LogP contribution in [-0.4, -0.2) is 22.7 Å². The lowest BCUT2D eigenvalue weighted by molar-refractivity contribution is -0.137. The van der Waals surface area contributed by atoms with Crippen LogP contribution >= 0.6 is 0 Å². The molecule has 0 radical (unpaired) electrons. The van der Waals surface area contributed by atoms with Crippen LogP contribution in [0.1, 0.15) is 21.7 Å². The molecule has 1 aromatic heterocycles. The molecule has 0 saturated heterocycles. The molecule has 0 aliphatic rings. The maximum absolute atomic E-state index is 13.0. The van der Waals surface area contributed by atoms with Crippen LogP contribution in [-0.2, 0) is 6.18 Å². The molecule has 0 aliphatic heterocycles. The lowest BCUT2D eigenvalue weighted by Gasteiger charge is -2.20. The molecule has 2 aromatic carbocycles. The molecule has 9 heteroatoms. The van der Waals surface area contributed by atoms with Crippen molar-refractivity contribution in [1.29, 1.82) is 0 Å². The van der Waals surface area contributed by atoms with Gasteiger partial charge in [-0.05, 0) is 37.3 Å². The SMILES string of the molecule is Cc1cc(=O)c(C(=O)NN(C)c2ccccc2)nn1-c1cccc(C(F)(F)F)c1. The van der Waals surface area contributed by atoms with Crippen molar-refractivity contribution < 1.29 is 18.0 Å². The number of para-hydroxylation sites is 1. The van der Waals surface area contributed by atoms with Crippen molar-refractivity contribution in [2.24, 2.45) is 0 Å². The Morgan fingerprint density at radius 1 is 1.07 bits per heavy atom. The molecule has 0 spiro atoms. The van der Waals surface area contributed by atoms with Gasteiger partial charge in [-0.3, -0.25) is 20.0 Å². The van der Waals surface area contributed by atoms with Crippen LogP contribution in [0.3, 0.4) is 0 Å². The highest BCUT2D eigenvalue weighted by molar-refractivity contribution is 5.93. The van der Waals surface area contributed by atoms with Crippen molar-refractivity contribution in [2.45, 2.75) is 13.1 Å². The number of hydrazine groups is 1. The zero-order valence-corrected chi connectivity index (χ0v) is 15.6. The molecule has 29 heavy (non-hydrogen) atoms. The predicted octanol–water partition coefficient (Wildman–Crippen LogP) is 3.34. The molecule has 150 valence electrons. The Morgan fingerprint density at radius 3 is 2.41 bits per heavy atom. The number of nitrogens with zero attached hydrogens (tertiary/aromatic N) is 3. The summed E-state index contributed by atoms with van der Waals surface area (Å²) in [6, 6.07) is 14.5. The van der Waals surface area contributed by atoms with Crippen molar-refractivity contribution in [3.8, 4) is 5.69 Å². The summed E-state index contributed by atoms with van der Waals surface area (Å²) in [6.07, 6.45) is -4.53. The molecule has 0 fully saturated rings. The summed E-state index contributed by atoms with van der Waals surface area (Å²) in [6.45, 7) is 1.52. The topological polar surface area (TPSA) is 67.2 Å². The number of carbonyl (C=O) groups excluding carboxylic acids is 1. The van der Waals surface area contributed by atoms with E-state index in [1.54, 1.807) is 31.3 Å². The van der Waals surface area contributed by atoms with E-state index < -0.39 is 28.8 Å². The number of rotatable bonds is 4. The maximum atomic E-state index is 13.0. The van der Waals surface area contributed by atoms with Gasteiger partial charge in [0, 0.05) is 18.8 Å². The van der Waals surface area contributed by atoms with Gasteiger partial charge in [-0.1, -0.05) is 24.3 Å². The molecule has 0 unspecified atom stereocenters. The number of aromatic nitrogens is 2. The third-order valence-electron chi connectivity index (χ3n) is 4.15. The molecule has 1 N–H and O–H groups in total. The van der Waals surface area contributed by atoms with E-state index in [9.17, 15) is 22.8 Å². The molecule has 0 bridgehead atoms. The smallest absolute Gasteiger partial charge is 0.288 e. The third kappa shape index (κ3) is 4.45. The molecule has 6 nitrogen and oxygen atoms in total. The fraction of sp³-hybridized carbons (Fsp3) is 0.150. The second-order valence-electron chi connectivity index (χ2n) is 6.29. The summed E-state index contributed by atoms with van der Waals surface area (Å²) >= 11 is 0. The molecule has 3 aromatic rings. The molecular weight excluding hydrogens is 385 g/mol. The van der Waals surface area contributed by atoms with Crippen molar-refractivity contribution >= 4 is 11.6 Å². The van der Waals surface area contributed by atoms with E-state index in [1.807, 2.05) is 6.07 Å². The zero-order valence-electron chi connectivity index (χ0n) is 15.6. The van der Waals surface area contributed by atoms with Crippen molar-refractivity contribution in [1.82, 2.24) is 15.2 Å². The fourth-order valence-electron chi connectivity index (χ4n) is 2.70. The lowest BCUT2D eigenvalue weighted by atomic mass is 10.2. The number of hydrogen-bond acceptors (Lipinski definition) is 4. The Morgan fingerprint density at radius 2 is 1.76 bits per heavy atom. The summed E-state index contributed by atoms with van der Waals surface area (Å²) in [5, 5.41) is 5.42. The normalized spacial score (nSPS) is 11.2. The number of carbonyl (C=O) groups is 1. The Kier molecular flexibility index (Phi) is 5.40. The van der Waals surface area contributed by atoms with E-state index in [0.29, 0.717) is 11.4 Å². The lowest BCUT2D eigenvalue weighted by Crippen LogP contribution is -2.42. The summed E-state index contributed by atoms with van der Waals surface area (Å²) in [4.78, 5) is 24.8. The maximum Gasteiger partial charge on any atom is 0.416 e. The van der Waals surface area contributed by atoms with Crippen LogP contribution in [0.15, 0.2) is 65.5 Å². The first-order chi connectivity index (χ1) is 13.7. The molecular formula is C20H17F3N4O2. The van der Waals surface area contributed by atoms with E-state index >= 15 is 0 Å². The van der Waals surface area contributed by atoms with Crippen molar-refractivity contribution in [2.75, 3.05) is 12.1 Å². The number of nitrogens with one attached hydrogen (secondary N) is 1. The number of benzene rings is 2. The Hall–Kier alpha value is -3.62. The highest BCUT2D eigenvalue weighted by Gasteiger charge is 2.30. The quantitative estimate of drug-likeness (QED) is 0.680. The van der Waals surface area contributed by atoms with E-state index in [4.69, 9.17) is 0 Å². The van der Waals surface area contributed by atoms with Crippen LogP contribution < -0.4 is 15.9 Å². The highest BCUT2D eigenvalue weighted by atomic mass is 19.4. The highest BCUT2D eigenvalue weighted by Crippen LogP contribution is 2.30. The van der Waals surface area contributed by atoms with Gasteiger partial charge >= 0.3 is 6.18 Å². The summed E-state index contributed by atoms with van der Waals surface area (Å²) in [5.41, 5.74) is 1.65. The van der Waals surface area contributed by atoms with Crippen LogP contribution in [0.2, 0.25) is 0 Å². The molecule has 0 atom stereocenters. The van der Waals surface area contributed by atoms with Gasteiger partial charge < -0.3 is 0 Å². The standard InChI is InChI=1S/C20H17F3N4O2/c1-13-11-17(28)18(19(29)25-26(2)15-8-4-3-5-9-15)24-27(13)16-10-6-7-14(12-16)20(21,22)23/h3-12H,1-2H3,(H,25,29). The van der Waals surface area contributed by atoms with Gasteiger partial charge in [0.05, 0.1) is 16.9 Å². The number of anilines is 1. The molecule has 0 saturated carbocycles. The summed E-state index contributed by atoms with van der Waals surface area (Å²) in [7, 11) is 1.59. The first-order valence-corrected chi connectivity index (χ1v) is 8.55. The number of hydrogen-bond donors (Lipinski definition) is 1. The predicted molar refractivity (Wildman–Crippen MR) is 102 cm³/mol. The minimum Gasteiger partial charge on any atom is -0.288 e. The monoisotopic (exact) mass is 402 g/mol. The van der Waals surface area contributed by atoms with Crippen molar-refractivity contribution in [3.63, 3.8) is 0 Å². The number of amides is 1. The van der Waals surface area contributed by atoms with Gasteiger partial charge in [-0.25, -0.2) is 4.68 Å². The fourth-order valence-corrected chi connectivity index (χ4v) is 2.70. The van der Waals surface area contributed by atoms with Gasteiger partial charge in [0.1, 0.15) is 0 Å². The van der Waals surface area contributed by atoms with E-state index in [1.165, 1.54) is 24.1 Å². The van der Waals surface area contributed by atoms with Gasteiger partial charge in [-0.15, -0.1) is 0 Å². The van der Waals surface area contributed by atoms with Crippen LogP contribution in [0.25, 0.3) is 5.69 Å². The van der Waals surface area contributed by atoms with Crippen molar-refractivity contribution in [3.05, 3.63) is 87.8 Å². The molecule has 1 amide bonds. The van der Waals surface area contributed by atoms with Gasteiger partial charge in [0.25, 0.3) is 5.91 Å². The molecule has 0 aliphatic carbocycles. The molecule has 1 heterocycles. The zero-order chi connectivity index (χ0) is 21.2. The number of alkyl halides is 3. The van der Waals surface area contributed by atoms with E-state index in [2.05, 4.69) is 10.5 Å². The summed E-state index contributed by atoms with van der Waals surface area (Å²) in [5.74, 6) is -0.776. The second-order valence-corrected chi connectivity index (χ2v) is 6.29. The Bertz CT molecular complexity index is 1090. The van der Waals surface area contributed by atoms with Gasteiger partial charge in [0.15, 0.2) is 5.69 Å². The Balaban J connectivity index is 1.96. The van der Waals surface area contributed by atoms with Crippen LogP contribution in [0.4, 0.5) is 18.9 Å². The van der Waals surface area contributed by atoms with E-state index in [0.717, 1.165) is 22.9 Å². The van der Waals surface area contributed by atoms with Gasteiger partial charge in [-0.2, -0.15) is 18.3 Å². The first kappa shape index (κ1) is 20.1. The largest absolute Gasteiger partial charge is 0.416 e. The average molecular weight is 402 g/mol. The Labute approximate surface area is 164 Å². The first-order valence-electron chi connectivity index (χ1n) is 8.55.